The Bertz CT molecular complexity index is 590. The van der Waals surface area contributed by atoms with Crippen molar-refractivity contribution in [3.8, 4) is 0 Å². The second-order valence-electron chi connectivity index (χ2n) is 6.01. The maximum absolute atomic E-state index is 12.4. The summed E-state index contributed by atoms with van der Waals surface area (Å²) in [5.41, 5.74) is 1.32. The average molecular weight is 318 g/mol. The number of rotatable bonds is 4. The van der Waals surface area contributed by atoms with Gasteiger partial charge in [0.25, 0.3) is 5.91 Å². The first-order chi connectivity index (χ1) is 10.9. The predicted molar refractivity (Wildman–Crippen MR) is 87.5 cm³/mol. The zero-order valence-electron chi connectivity index (χ0n) is 13.9. The molecule has 0 saturated carbocycles. The lowest BCUT2D eigenvalue weighted by atomic mass is 10.1. The van der Waals surface area contributed by atoms with Crippen molar-refractivity contribution in [3.63, 3.8) is 0 Å². The molecule has 2 amide bonds. The summed E-state index contributed by atoms with van der Waals surface area (Å²) in [6, 6.07) is 6.72. The van der Waals surface area contributed by atoms with Gasteiger partial charge in [-0.15, -0.1) is 0 Å². The lowest BCUT2D eigenvalue weighted by Crippen LogP contribution is -3.19. The first-order valence-electron chi connectivity index (χ1n) is 7.90. The SMILES string of the molecule is CC(=O)c1ccc(NC(=O)[C@@H](C)[NH+]2CCN(C(C)=O)CC2)cc1. The molecule has 1 aromatic rings. The maximum atomic E-state index is 12.4. The van der Waals surface area contributed by atoms with Gasteiger partial charge in [0.15, 0.2) is 11.8 Å². The van der Waals surface area contributed by atoms with Crippen molar-refractivity contribution in [2.24, 2.45) is 0 Å². The fraction of sp³-hybridized carbons (Fsp3) is 0.471. The molecular weight excluding hydrogens is 294 g/mol. The van der Waals surface area contributed by atoms with Gasteiger partial charge in [0.2, 0.25) is 5.91 Å². The highest BCUT2D eigenvalue weighted by atomic mass is 16.2. The van der Waals surface area contributed by atoms with Crippen molar-refractivity contribution in [1.29, 1.82) is 0 Å². The third-order valence-electron chi connectivity index (χ3n) is 4.42. The monoisotopic (exact) mass is 318 g/mol. The molecule has 0 radical (unpaired) electrons. The van der Waals surface area contributed by atoms with Crippen LogP contribution < -0.4 is 10.2 Å². The van der Waals surface area contributed by atoms with Gasteiger partial charge < -0.3 is 15.1 Å². The highest BCUT2D eigenvalue weighted by Crippen LogP contribution is 2.10. The van der Waals surface area contributed by atoms with E-state index in [2.05, 4.69) is 5.32 Å². The van der Waals surface area contributed by atoms with E-state index in [1.54, 1.807) is 31.2 Å². The highest BCUT2D eigenvalue weighted by Gasteiger charge is 2.29. The molecular formula is C17H24N3O3+. The van der Waals surface area contributed by atoms with Crippen LogP contribution in [0.3, 0.4) is 0 Å². The summed E-state index contributed by atoms with van der Waals surface area (Å²) >= 11 is 0. The van der Waals surface area contributed by atoms with E-state index in [4.69, 9.17) is 0 Å². The number of ketones is 1. The molecule has 1 saturated heterocycles. The van der Waals surface area contributed by atoms with Crippen molar-refractivity contribution in [3.05, 3.63) is 29.8 Å². The van der Waals surface area contributed by atoms with Gasteiger partial charge >= 0.3 is 0 Å². The van der Waals surface area contributed by atoms with Gasteiger partial charge in [-0.1, -0.05) is 0 Å². The predicted octanol–water partition coefficient (Wildman–Crippen LogP) is -0.0368. The van der Waals surface area contributed by atoms with Gasteiger partial charge in [-0.25, -0.2) is 0 Å². The van der Waals surface area contributed by atoms with E-state index in [1.807, 2.05) is 11.8 Å². The van der Waals surface area contributed by atoms with E-state index in [-0.39, 0.29) is 23.6 Å². The van der Waals surface area contributed by atoms with Gasteiger partial charge in [0, 0.05) is 18.2 Å². The molecule has 0 bridgehead atoms. The van der Waals surface area contributed by atoms with E-state index in [0.717, 1.165) is 13.1 Å². The first kappa shape index (κ1) is 17.1. The summed E-state index contributed by atoms with van der Waals surface area (Å²) in [4.78, 5) is 38.0. The molecule has 2 rings (SSSR count). The third-order valence-corrected chi connectivity index (χ3v) is 4.42. The van der Waals surface area contributed by atoms with E-state index < -0.39 is 0 Å². The number of piperazine rings is 1. The fourth-order valence-electron chi connectivity index (χ4n) is 2.77. The number of nitrogens with one attached hydrogen (secondary N) is 2. The summed E-state index contributed by atoms with van der Waals surface area (Å²) in [7, 11) is 0. The zero-order valence-corrected chi connectivity index (χ0v) is 13.9. The Morgan fingerprint density at radius 2 is 1.65 bits per heavy atom. The van der Waals surface area contributed by atoms with Crippen molar-refractivity contribution >= 4 is 23.3 Å². The Morgan fingerprint density at radius 1 is 1.09 bits per heavy atom. The van der Waals surface area contributed by atoms with E-state index in [9.17, 15) is 14.4 Å². The standard InChI is InChI=1S/C17H23N3O3/c1-12(19-8-10-20(11-9-19)14(3)22)17(23)18-16-6-4-15(5-7-16)13(2)21/h4-7,12H,8-11H2,1-3H3,(H,18,23)/p+1/t12-/m1/s1. The number of nitrogens with zero attached hydrogens (tertiary/aromatic N) is 1. The van der Waals surface area contributed by atoms with Gasteiger partial charge in [0.1, 0.15) is 0 Å². The molecule has 6 heteroatoms. The van der Waals surface area contributed by atoms with Crippen molar-refractivity contribution in [2.75, 3.05) is 31.5 Å². The Labute approximate surface area is 136 Å². The Balaban J connectivity index is 1.90. The quantitative estimate of drug-likeness (QED) is 0.766. The lowest BCUT2D eigenvalue weighted by molar-refractivity contribution is -0.917. The van der Waals surface area contributed by atoms with Crippen LogP contribution in [0.2, 0.25) is 0 Å². The second-order valence-corrected chi connectivity index (χ2v) is 6.01. The smallest absolute Gasteiger partial charge is 0.282 e. The molecule has 0 spiro atoms. The second kappa shape index (κ2) is 7.37. The van der Waals surface area contributed by atoms with Crippen molar-refractivity contribution in [2.45, 2.75) is 26.8 Å². The van der Waals surface area contributed by atoms with Crippen molar-refractivity contribution < 1.29 is 19.3 Å². The van der Waals surface area contributed by atoms with Crippen LogP contribution in [0.25, 0.3) is 0 Å². The minimum absolute atomic E-state index is 0.00373. The number of carbonyl (C=O) groups is 3. The molecule has 1 heterocycles. The molecule has 0 aromatic heterocycles. The normalized spacial score (nSPS) is 16.7. The van der Waals surface area contributed by atoms with Crippen LogP contribution >= 0.6 is 0 Å². The Morgan fingerprint density at radius 3 is 2.13 bits per heavy atom. The van der Waals surface area contributed by atoms with Crippen molar-refractivity contribution in [1.82, 2.24) is 4.90 Å². The van der Waals surface area contributed by atoms with Gasteiger partial charge in [0.05, 0.1) is 26.2 Å². The van der Waals surface area contributed by atoms with Crippen LogP contribution in [0, 0.1) is 0 Å². The molecule has 1 fully saturated rings. The number of hydrogen-bond donors (Lipinski definition) is 2. The topological polar surface area (TPSA) is 70.9 Å². The van der Waals surface area contributed by atoms with E-state index in [0.29, 0.717) is 24.3 Å². The number of amides is 2. The highest BCUT2D eigenvalue weighted by molar-refractivity contribution is 5.96. The van der Waals surface area contributed by atoms with Crippen LogP contribution in [-0.4, -0.2) is 54.7 Å². The molecule has 124 valence electrons. The average Bonchev–Trinajstić information content (AvgIpc) is 2.54. The van der Waals surface area contributed by atoms with Gasteiger partial charge in [-0.3, -0.25) is 14.4 Å². The summed E-state index contributed by atoms with van der Waals surface area (Å²) < 4.78 is 0. The Hall–Kier alpha value is -2.21. The van der Waals surface area contributed by atoms with Crippen LogP contribution in [0.5, 0.6) is 0 Å². The summed E-state index contributed by atoms with van der Waals surface area (Å²) in [5.74, 6) is 0.0441. The van der Waals surface area contributed by atoms with E-state index >= 15 is 0 Å². The fourth-order valence-corrected chi connectivity index (χ4v) is 2.77. The minimum Gasteiger partial charge on any atom is -0.332 e. The number of carbonyl (C=O) groups excluding carboxylic acids is 3. The van der Waals surface area contributed by atoms with Gasteiger partial charge in [-0.2, -0.15) is 0 Å². The molecule has 1 aliphatic rings. The van der Waals surface area contributed by atoms with Crippen LogP contribution in [0.1, 0.15) is 31.1 Å². The number of Topliss-reactive ketones (excluding diaryl/α,β-unsaturated/α-hetero) is 1. The largest absolute Gasteiger partial charge is 0.332 e. The Kier molecular flexibility index (Phi) is 5.50. The zero-order chi connectivity index (χ0) is 17.0. The van der Waals surface area contributed by atoms with Gasteiger partial charge in [-0.05, 0) is 38.1 Å². The molecule has 1 atom stereocenters. The molecule has 1 aliphatic heterocycles. The molecule has 0 unspecified atom stereocenters. The maximum Gasteiger partial charge on any atom is 0.282 e. The number of quaternary nitrogens is 1. The molecule has 1 aromatic carbocycles. The summed E-state index contributed by atoms with van der Waals surface area (Å²) in [5, 5.41) is 2.89. The number of benzene rings is 1. The number of hydrogen-bond acceptors (Lipinski definition) is 3. The third kappa shape index (κ3) is 4.39. The summed E-state index contributed by atoms with van der Waals surface area (Å²) in [6.07, 6.45) is 0. The first-order valence-corrected chi connectivity index (χ1v) is 7.90. The molecule has 2 N–H and O–H groups in total. The van der Waals surface area contributed by atoms with E-state index in [1.165, 1.54) is 11.8 Å². The lowest BCUT2D eigenvalue weighted by Gasteiger charge is -2.34. The molecule has 0 aliphatic carbocycles. The molecule has 23 heavy (non-hydrogen) atoms. The minimum atomic E-state index is -0.184. The van der Waals surface area contributed by atoms with Crippen LogP contribution in [0.4, 0.5) is 5.69 Å². The summed E-state index contributed by atoms with van der Waals surface area (Å²) in [6.45, 7) is 7.92. The number of anilines is 1. The van der Waals surface area contributed by atoms with Crippen LogP contribution in [0.15, 0.2) is 24.3 Å². The molecule has 6 nitrogen and oxygen atoms in total. The van der Waals surface area contributed by atoms with Crippen LogP contribution in [-0.2, 0) is 9.59 Å².